The lowest BCUT2D eigenvalue weighted by Gasteiger charge is -2.39. The highest BCUT2D eigenvalue weighted by Gasteiger charge is 2.47. The molecule has 0 radical (unpaired) electrons. The maximum absolute atomic E-state index is 12.8. The predicted molar refractivity (Wildman–Crippen MR) is 102 cm³/mol. The van der Waals surface area contributed by atoms with Crippen LogP contribution in [0.3, 0.4) is 0 Å². The summed E-state index contributed by atoms with van der Waals surface area (Å²) in [6.07, 6.45) is 1.57. The van der Waals surface area contributed by atoms with Crippen LogP contribution in [0, 0.1) is 6.92 Å². The van der Waals surface area contributed by atoms with Crippen molar-refractivity contribution >= 4 is 11.8 Å². The predicted octanol–water partition coefficient (Wildman–Crippen LogP) is 1.28. The molecule has 0 unspecified atom stereocenters. The monoisotopic (exact) mass is 406 g/mol. The van der Waals surface area contributed by atoms with Gasteiger partial charge in [0, 0.05) is 6.54 Å². The van der Waals surface area contributed by atoms with Crippen LogP contribution in [0.15, 0.2) is 30.3 Å². The molecule has 2 heterocycles. The maximum atomic E-state index is 12.8. The van der Waals surface area contributed by atoms with E-state index in [1.54, 1.807) is 6.92 Å². The largest absolute Gasteiger partial charge is 0.351 e. The third-order valence-corrected chi connectivity index (χ3v) is 4.69. The van der Waals surface area contributed by atoms with Gasteiger partial charge in [0.2, 0.25) is 5.91 Å². The highest BCUT2D eigenvalue weighted by atomic mass is 19.3. The minimum Gasteiger partial charge on any atom is -0.351 e. The number of carbonyl (C=O) groups excluding carboxylic acids is 2. The summed E-state index contributed by atoms with van der Waals surface area (Å²) in [4.78, 5) is 26.7. The van der Waals surface area contributed by atoms with Gasteiger partial charge in [0.1, 0.15) is 0 Å². The Morgan fingerprint density at radius 3 is 2.55 bits per heavy atom. The lowest BCUT2D eigenvalue weighted by Crippen LogP contribution is -2.61. The minimum absolute atomic E-state index is 0.249. The van der Waals surface area contributed by atoms with Crippen molar-refractivity contribution < 1.29 is 18.4 Å². The first-order valence-electron chi connectivity index (χ1n) is 9.46. The van der Waals surface area contributed by atoms with Crippen molar-refractivity contribution in [3.8, 4) is 5.69 Å². The van der Waals surface area contributed by atoms with Crippen LogP contribution in [0.2, 0.25) is 0 Å². The van der Waals surface area contributed by atoms with E-state index in [2.05, 4.69) is 15.5 Å². The Morgan fingerprint density at radius 1 is 1.21 bits per heavy atom. The number of carbonyl (C=O) groups is 2. The summed E-state index contributed by atoms with van der Waals surface area (Å²) in [5.41, 5.74) is 7.31. The first kappa shape index (κ1) is 20.8. The van der Waals surface area contributed by atoms with Gasteiger partial charge >= 0.3 is 0 Å². The van der Waals surface area contributed by atoms with Crippen molar-refractivity contribution in [3.63, 3.8) is 0 Å². The molecule has 10 heteroatoms. The highest BCUT2D eigenvalue weighted by Crippen LogP contribution is 2.27. The highest BCUT2D eigenvalue weighted by molar-refractivity contribution is 5.93. The molecule has 0 bridgehead atoms. The van der Waals surface area contributed by atoms with Crippen LogP contribution in [-0.4, -0.2) is 63.3 Å². The Balaban J connectivity index is 1.39. The van der Waals surface area contributed by atoms with Gasteiger partial charge in [0.15, 0.2) is 5.69 Å². The summed E-state index contributed by atoms with van der Waals surface area (Å²) in [5, 5.41) is 11.3. The van der Waals surface area contributed by atoms with Crippen molar-refractivity contribution in [1.82, 2.24) is 25.2 Å². The molecule has 8 nitrogen and oxygen atoms in total. The van der Waals surface area contributed by atoms with E-state index in [0.29, 0.717) is 31.5 Å². The molecular weight excluding hydrogens is 382 g/mol. The molecule has 156 valence electrons. The van der Waals surface area contributed by atoms with E-state index in [0.717, 1.165) is 10.6 Å². The number of aromatic nitrogens is 3. The second kappa shape index (κ2) is 8.64. The topological polar surface area (TPSA) is 106 Å². The van der Waals surface area contributed by atoms with Crippen molar-refractivity contribution in [3.05, 3.63) is 41.7 Å². The Morgan fingerprint density at radius 2 is 1.90 bits per heavy atom. The number of halogens is 2. The standard InChI is InChI=1S/C19H24F2N6O2/c1-13-16(25-27(24-13)14-7-3-2-4-8-14)17(28)23-10-6-5-9-15(22)18(29)26-11-19(20,21)12-26/h2-4,7-8,15H,5-6,9-12,22H2,1H3,(H,23,28)/t15-/m0/s1. The smallest absolute Gasteiger partial charge is 0.282 e. The summed E-state index contributed by atoms with van der Waals surface area (Å²) >= 11 is 0. The van der Waals surface area contributed by atoms with Crippen LogP contribution in [-0.2, 0) is 4.79 Å². The van der Waals surface area contributed by atoms with Crippen LogP contribution in [0.1, 0.15) is 35.4 Å². The molecule has 0 saturated carbocycles. The zero-order valence-electron chi connectivity index (χ0n) is 16.1. The number of para-hydroxylation sites is 1. The van der Waals surface area contributed by atoms with Gasteiger partial charge in [-0.1, -0.05) is 18.2 Å². The second-order valence-electron chi connectivity index (χ2n) is 7.17. The van der Waals surface area contributed by atoms with Crippen molar-refractivity contribution in [1.29, 1.82) is 0 Å². The number of rotatable bonds is 8. The molecule has 2 amide bonds. The van der Waals surface area contributed by atoms with Crippen LogP contribution in [0.4, 0.5) is 8.78 Å². The molecule has 0 spiro atoms. The molecule has 1 aromatic carbocycles. The molecule has 1 saturated heterocycles. The number of nitrogens with two attached hydrogens (primary N) is 1. The minimum atomic E-state index is -2.79. The first-order valence-corrected chi connectivity index (χ1v) is 9.46. The van der Waals surface area contributed by atoms with E-state index in [1.807, 2.05) is 30.3 Å². The Hall–Kier alpha value is -2.88. The molecular formula is C19H24F2N6O2. The number of hydrogen-bond acceptors (Lipinski definition) is 5. The number of hydrogen-bond donors (Lipinski definition) is 2. The average Bonchev–Trinajstić information content (AvgIpc) is 3.07. The second-order valence-corrected chi connectivity index (χ2v) is 7.17. The fraction of sp³-hybridized carbons (Fsp3) is 0.474. The summed E-state index contributed by atoms with van der Waals surface area (Å²) in [5.74, 6) is -3.57. The van der Waals surface area contributed by atoms with Gasteiger partial charge in [0.25, 0.3) is 11.8 Å². The molecule has 1 fully saturated rings. The van der Waals surface area contributed by atoms with Gasteiger partial charge < -0.3 is 16.0 Å². The molecule has 1 aromatic heterocycles. The van der Waals surface area contributed by atoms with Gasteiger partial charge in [-0.3, -0.25) is 9.59 Å². The summed E-state index contributed by atoms with van der Waals surface area (Å²) in [7, 11) is 0. The van der Waals surface area contributed by atoms with Crippen LogP contribution in [0.5, 0.6) is 0 Å². The third-order valence-electron chi connectivity index (χ3n) is 4.69. The van der Waals surface area contributed by atoms with E-state index in [-0.39, 0.29) is 11.6 Å². The molecule has 3 rings (SSSR count). The molecule has 1 atom stereocenters. The van der Waals surface area contributed by atoms with Crippen molar-refractivity contribution in [2.24, 2.45) is 5.73 Å². The third kappa shape index (κ3) is 5.14. The Kier molecular flexibility index (Phi) is 6.21. The van der Waals surface area contributed by atoms with Gasteiger partial charge in [-0.2, -0.15) is 9.90 Å². The SMILES string of the molecule is Cc1nn(-c2ccccc2)nc1C(=O)NCCCC[C@H](N)C(=O)N1CC(F)(F)C1. The molecule has 29 heavy (non-hydrogen) atoms. The quantitative estimate of drug-likeness (QED) is 0.643. The van der Waals surface area contributed by atoms with Gasteiger partial charge in [-0.05, 0) is 38.3 Å². The van der Waals surface area contributed by atoms with Crippen LogP contribution >= 0.6 is 0 Å². The number of nitrogens with zero attached hydrogens (tertiary/aromatic N) is 4. The Bertz CT molecular complexity index is 863. The molecule has 1 aliphatic heterocycles. The number of amides is 2. The average molecular weight is 406 g/mol. The number of likely N-dealkylation sites (tertiary alicyclic amines) is 1. The van der Waals surface area contributed by atoms with Gasteiger partial charge in [-0.25, -0.2) is 8.78 Å². The lowest BCUT2D eigenvalue weighted by atomic mass is 10.1. The molecule has 0 aliphatic carbocycles. The first-order chi connectivity index (χ1) is 13.8. The van der Waals surface area contributed by atoms with Crippen LogP contribution in [0.25, 0.3) is 5.69 Å². The van der Waals surface area contributed by atoms with E-state index >= 15 is 0 Å². The van der Waals surface area contributed by atoms with E-state index < -0.39 is 31.0 Å². The number of benzene rings is 1. The normalized spacial score (nSPS) is 16.2. The van der Waals surface area contributed by atoms with Crippen molar-refractivity contribution in [2.45, 2.75) is 38.2 Å². The lowest BCUT2D eigenvalue weighted by molar-refractivity contribution is -0.167. The maximum Gasteiger partial charge on any atom is 0.282 e. The fourth-order valence-electron chi connectivity index (χ4n) is 3.07. The van der Waals surface area contributed by atoms with Crippen LogP contribution < -0.4 is 11.1 Å². The fourth-order valence-corrected chi connectivity index (χ4v) is 3.07. The summed E-state index contributed by atoms with van der Waals surface area (Å²) in [6, 6.07) is 8.48. The zero-order chi connectivity index (χ0) is 21.0. The number of nitrogens with one attached hydrogen (secondary N) is 1. The summed E-state index contributed by atoms with van der Waals surface area (Å²) in [6.45, 7) is 0.988. The number of alkyl halides is 2. The van der Waals surface area contributed by atoms with Gasteiger partial charge in [-0.15, -0.1) is 5.10 Å². The number of unbranched alkanes of at least 4 members (excludes halogenated alkanes) is 1. The van der Waals surface area contributed by atoms with E-state index in [9.17, 15) is 18.4 Å². The molecule has 1 aliphatic rings. The number of aryl methyl sites for hydroxylation is 1. The van der Waals surface area contributed by atoms with Crippen molar-refractivity contribution in [2.75, 3.05) is 19.6 Å². The Labute approximate surface area is 167 Å². The molecule has 2 aromatic rings. The molecule has 3 N–H and O–H groups in total. The van der Waals surface area contributed by atoms with Gasteiger partial charge in [0.05, 0.1) is 30.5 Å². The van der Waals surface area contributed by atoms with E-state index in [1.165, 1.54) is 4.80 Å². The van der Waals surface area contributed by atoms with E-state index in [4.69, 9.17) is 5.73 Å². The summed E-state index contributed by atoms with van der Waals surface area (Å²) < 4.78 is 25.6. The zero-order valence-corrected chi connectivity index (χ0v) is 16.1.